The molecule has 0 aliphatic carbocycles. The van der Waals surface area contributed by atoms with Crippen LogP contribution in [0.2, 0.25) is 0 Å². The van der Waals surface area contributed by atoms with Crippen molar-refractivity contribution in [2.75, 3.05) is 7.05 Å². The van der Waals surface area contributed by atoms with Crippen LogP contribution >= 0.6 is 0 Å². The van der Waals surface area contributed by atoms with Gasteiger partial charge in [-0.15, -0.1) is 0 Å². The lowest BCUT2D eigenvalue weighted by atomic mass is 9.71. The number of rotatable bonds is 4. The summed E-state index contributed by atoms with van der Waals surface area (Å²) in [6.45, 7) is 6.69. The maximum Gasteiger partial charge on any atom is 0.251 e. The molecule has 1 amide bonds. The van der Waals surface area contributed by atoms with Gasteiger partial charge in [0, 0.05) is 29.9 Å². The number of carbonyl (C=O) groups is 1. The molecule has 124 valence electrons. The first-order chi connectivity index (χ1) is 11.5. The number of hydrogen-bond donors (Lipinski definition) is 2. The molecule has 0 bridgehead atoms. The second kappa shape index (κ2) is 6.11. The fourth-order valence-electron chi connectivity index (χ4n) is 3.19. The average molecular weight is 321 g/mol. The summed E-state index contributed by atoms with van der Waals surface area (Å²) >= 11 is 0. The molecule has 2 N–H and O–H groups in total. The highest BCUT2D eigenvalue weighted by molar-refractivity contribution is 5.98. The molecule has 1 unspecified atom stereocenters. The van der Waals surface area contributed by atoms with Crippen molar-refractivity contribution >= 4 is 16.7 Å². The molecule has 1 atom stereocenters. The van der Waals surface area contributed by atoms with E-state index in [9.17, 15) is 4.79 Å². The van der Waals surface area contributed by atoms with Gasteiger partial charge in [-0.05, 0) is 41.3 Å². The predicted octanol–water partition coefficient (Wildman–Crippen LogP) is 3.88. The molecule has 2 aromatic carbocycles. The highest BCUT2D eigenvalue weighted by atomic mass is 16.1. The molecule has 0 aliphatic heterocycles. The molecule has 1 heterocycles. The zero-order valence-corrected chi connectivity index (χ0v) is 14.6. The van der Waals surface area contributed by atoms with Crippen molar-refractivity contribution in [3.05, 3.63) is 65.7 Å². The molecule has 24 heavy (non-hydrogen) atoms. The first kappa shape index (κ1) is 16.2. The van der Waals surface area contributed by atoms with Crippen LogP contribution in [0.4, 0.5) is 0 Å². The van der Waals surface area contributed by atoms with Crippen LogP contribution in [-0.2, 0) is 5.41 Å². The third-order valence-corrected chi connectivity index (χ3v) is 5.14. The van der Waals surface area contributed by atoms with Crippen LogP contribution in [0.3, 0.4) is 0 Å². The van der Waals surface area contributed by atoms with Gasteiger partial charge in [0.25, 0.3) is 5.91 Å². The summed E-state index contributed by atoms with van der Waals surface area (Å²) in [4.78, 5) is 19.3. The zero-order valence-electron chi connectivity index (χ0n) is 14.6. The zero-order chi connectivity index (χ0) is 17.3. The van der Waals surface area contributed by atoms with E-state index >= 15 is 0 Å². The number of hydrogen-bond acceptors (Lipinski definition) is 2. The summed E-state index contributed by atoms with van der Waals surface area (Å²) in [6.07, 6.45) is 3.63. The second-order valence-electron chi connectivity index (χ2n) is 6.68. The summed E-state index contributed by atoms with van der Waals surface area (Å²) in [5.74, 6) is 0.339. The van der Waals surface area contributed by atoms with Crippen molar-refractivity contribution in [3.8, 4) is 0 Å². The van der Waals surface area contributed by atoms with Crippen LogP contribution in [0.5, 0.6) is 0 Å². The maximum absolute atomic E-state index is 11.8. The second-order valence-corrected chi connectivity index (χ2v) is 6.68. The maximum atomic E-state index is 11.8. The average Bonchev–Trinajstić information content (AvgIpc) is 3.14. The number of nitrogens with zero attached hydrogens (tertiary/aromatic N) is 1. The molecule has 0 aliphatic rings. The fourth-order valence-corrected chi connectivity index (χ4v) is 3.19. The van der Waals surface area contributed by atoms with Gasteiger partial charge in [0.05, 0.1) is 6.33 Å². The molecular weight excluding hydrogens is 298 g/mol. The molecule has 0 spiro atoms. The Hall–Kier alpha value is -2.62. The highest BCUT2D eigenvalue weighted by Crippen LogP contribution is 2.38. The number of nitrogens with one attached hydrogen (secondary N) is 2. The SMILES string of the molecule is CNC(=O)c1ccc2cc(C(C)(c3cnc[nH]3)C(C)C)ccc2c1. The smallest absolute Gasteiger partial charge is 0.251 e. The largest absolute Gasteiger partial charge is 0.355 e. The van der Waals surface area contributed by atoms with Gasteiger partial charge in [-0.3, -0.25) is 4.79 Å². The summed E-state index contributed by atoms with van der Waals surface area (Å²) in [5.41, 5.74) is 2.88. The number of imidazole rings is 1. The van der Waals surface area contributed by atoms with Gasteiger partial charge in [0.2, 0.25) is 0 Å². The number of benzene rings is 2. The summed E-state index contributed by atoms with van der Waals surface area (Å²) in [6, 6.07) is 12.3. The molecule has 0 fully saturated rings. The molecule has 4 nitrogen and oxygen atoms in total. The Bertz CT molecular complexity index is 868. The topological polar surface area (TPSA) is 57.8 Å². The molecule has 1 aromatic heterocycles. The number of aromatic nitrogens is 2. The molecule has 0 saturated carbocycles. The Morgan fingerprint density at radius 3 is 2.50 bits per heavy atom. The van der Waals surface area contributed by atoms with Crippen molar-refractivity contribution in [2.24, 2.45) is 5.92 Å². The van der Waals surface area contributed by atoms with Gasteiger partial charge in [-0.2, -0.15) is 0 Å². The predicted molar refractivity (Wildman–Crippen MR) is 97.2 cm³/mol. The number of aromatic amines is 1. The molecular formula is C20H23N3O. The van der Waals surface area contributed by atoms with Crippen LogP contribution < -0.4 is 5.32 Å². The lowest BCUT2D eigenvalue weighted by Gasteiger charge is -2.33. The standard InChI is InChI=1S/C20H23N3O/c1-13(2)20(3,18-11-22-12-23-18)17-8-7-14-9-16(19(24)21-4)6-5-15(14)10-17/h5-13H,1-4H3,(H,21,24)(H,22,23). The van der Waals surface area contributed by atoms with Crippen molar-refractivity contribution in [1.29, 1.82) is 0 Å². The van der Waals surface area contributed by atoms with Crippen molar-refractivity contribution in [3.63, 3.8) is 0 Å². The van der Waals surface area contributed by atoms with Crippen molar-refractivity contribution in [1.82, 2.24) is 15.3 Å². The fraction of sp³-hybridized carbons (Fsp3) is 0.300. The van der Waals surface area contributed by atoms with Gasteiger partial charge in [0.1, 0.15) is 0 Å². The van der Waals surface area contributed by atoms with E-state index in [1.54, 1.807) is 13.4 Å². The van der Waals surface area contributed by atoms with E-state index in [0.717, 1.165) is 16.5 Å². The lowest BCUT2D eigenvalue weighted by molar-refractivity contribution is 0.0963. The normalized spacial score (nSPS) is 13.9. The Morgan fingerprint density at radius 1 is 1.17 bits per heavy atom. The summed E-state index contributed by atoms with van der Waals surface area (Å²) < 4.78 is 0. The van der Waals surface area contributed by atoms with Gasteiger partial charge < -0.3 is 10.3 Å². The Labute approximate surface area is 142 Å². The summed E-state index contributed by atoms with van der Waals surface area (Å²) in [5, 5.41) is 4.86. The van der Waals surface area contributed by atoms with Crippen LogP contribution in [0, 0.1) is 5.92 Å². The minimum atomic E-state index is -0.149. The highest BCUT2D eigenvalue weighted by Gasteiger charge is 2.34. The summed E-state index contributed by atoms with van der Waals surface area (Å²) in [7, 11) is 1.65. The third-order valence-electron chi connectivity index (χ3n) is 5.14. The lowest BCUT2D eigenvalue weighted by Crippen LogP contribution is -2.30. The van der Waals surface area contributed by atoms with E-state index in [4.69, 9.17) is 0 Å². The molecule has 0 radical (unpaired) electrons. The van der Waals surface area contributed by atoms with Crippen LogP contribution in [0.15, 0.2) is 48.9 Å². The van der Waals surface area contributed by atoms with E-state index in [0.29, 0.717) is 11.5 Å². The first-order valence-corrected chi connectivity index (χ1v) is 8.22. The van der Waals surface area contributed by atoms with E-state index in [-0.39, 0.29) is 11.3 Å². The monoisotopic (exact) mass is 321 g/mol. The van der Waals surface area contributed by atoms with Gasteiger partial charge >= 0.3 is 0 Å². The van der Waals surface area contributed by atoms with Gasteiger partial charge in [-0.25, -0.2) is 4.98 Å². The van der Waals surface area contributed by atoms with E-state index in [1.807, 2.05) is 24.4 Å². The van der Waals surface area contributed by atoms with Gasteiger partial charge in [0.15, 0.2) is 0 Å². The van der Waals surface area contributed by atoms with Crippen LogP contribution in [0.25, 0.3) is 10.8 Å². The third kappa shape index (κ3) is 2.58. The Balaban J connectivity index is 2.11. The minimum absolute atomic E-state index is 0.0644. The molecule has 0 saturated heterocycles. The van der Waals surface area contributed by atoms with Crippen LogP contribution in [-0.4, -0.2) is 22.9 Å². The quantitative estimate of drug-likeness (QED) is 0.766. The Morgan fingerprint density at radius 2 is 1.88 bits per heavy atom. The van der Waals surface area contributed by atoms with E-state index < -0.39 is 0 Å². The number of fused-ring (bicyclic) bond motifs is 1. The molecule has 3 aromatic rings. The van der Waals surface area contributed by atoms with Crippen molar-refractivity contribution in [2.45, 2.75) is 26.2 Å². The number of amides is 1. The van der Waals surface area contributed by atoms with E-state index in [2.05, 4.69) is 54.3 Å². The van der Waals surface area contributed by atoms with Gasteiger partial charge in [-0.1, -0.05) is 38.1 Å². The van der Waals surface area contributed by atoms with E-state index in [1.165, 1.54) is 5.56 Å². The molecule has 4 heteroatoms. The minimum Gasteiger partial charge on any atom is -0.355 e. The van der Waals surface area contributed by atoms with Crippen LogP contribution in [0.1, 0.15) is 42.4 Å². The van der Waals surface area contributed by atoms with Crippen molar-refractivity contribution < 1.29 is 4.79 Å². The molecule has 3 rings (SSSR count). The number of H-pyrrole nitrogens is 1. The first-order valence-electron chi connectivity index (χ1n) is 8.22. The number of carbonyl (C=O) groups excluding carboxylic acids is 1. The Kier molecular flexibility index (Phi) is 4.14.